The van der Waals surface area contributed by atoms with Crippen molar-refractivity contribution in [3.8, 4) is 0 Å². The molecule has 1 aromatic rings. The monoisotopic (exact) mass is 299 g/mol. The van der Waals surface area contributed by atoms with Gasteiger partial charge in [-0.1, -0.05) is 32.1 Å². The number of rotatable bonds is 2. The number of benzene rings is 1. The van der Waals surface area contributed by atoms with E-state index < -0.39 is 23.4 Å². The number of carbonyl (C=O) groups excluding carboxylic acids is 1. The minimum absolute atomic E-state index is 0.0778. The first-order valence-electron chi connectivity index (χ1n) is 7.42. The Morgan fingerprint density at radius 3 is 2.00 bits per heavy atom. The van der Waals surface area contributed by atoms with Crippen molar-refractivity contribution in [2.75, 3.05) is 7.05 Å². The minimum Gasteiger partial charge on any atom is -0.339 e. The van der Waals surface area contributed by atoms with Gasteiger partial charge in [-0.15, -0.1) is 0 Å². The molecular formula is C16H20F3NO. The maximum atomic E-state index is 13.2. The summed E-state index contributed by atoms with van der Waals surface area (Å²) < 4.78 is 39.4. The van der Waals surface area contributed by atoms with E-state index in [1.54, 1.807) is 7.05 Å². The maximum Gasteiger partial charge on any atom is 0.254 e. The van der Waals surface area contributed by atoms with Gasteiger partial charge in [0.05, 0.1) is 0 Å². The average Bonchev–Trinajstić information content (AvgIpc) is 2.42. The predicted molar refractivity (Wildman–Crippen MR) is 74.5 cm³/mol. The van der Waals surface area contributed by atoms with Gasteiger partial charge < -0.3 is 4.90 Å². The second-order valence-electron chi connectivity index (χ2n) is 5.67. The van der Waals surface area contributed by atoms with Gasteiger partial charge in [-0.3, -0.25) is 4.79 Å². The van der Waals surface area contributed by atoms with E-state index in [4.69, 9.17) is 0 Å². The molecule has 0 N–H and O–H groups in total. The Bertz CT molecular complexity index is 487. The smallest absolute Gasteiger partial charge is 0.254 e. The Morgan fingerprint density at radius 1 is 1.00 bits per heavy atom. The fraction of sp³-hybridized carbons (Fsp3) is 0.562. The molecule has 1 fully saturated rings. The molecule has 2 nitrogen and oxygen atoms in total. The zero-order chi connectivity index (χ0) is 15.4. The van der Waals surface area contributed by atoms with E-state index in [0.717, 1.165) is 50.7 Å². The van der Waals surface area contributed by atoms with Crippen LogP contribution in [-0.2, 0) is 0 Å². The summed E-state index contributed by atoms with van der Waals surface area (Å²) in [4.78, 5) is 13.9. The van der Waals surface area contributed by atoms with Crippen LogP contribution in [0.1, 0.15) is 55.3 Å². The summed E-state index contributed by atoms with van der Waals surface area (Å²) in [6, 6.07) is 1.61. The van der Waals surface area contributed by atoms with Crippen molar-refractivity contribution in [3.63, 3.8) is 0 Å². The number of halogens is 3. The third kappa shape index (κ3) is 3.77. The van der Waals surface area contributed by atoms with Crippen LogP contribution in [0.3, 0.4) is 0 Å². The second kappa shape index (κ2) is 6.96. The van der Waals surface area contributed by atoms with E-state index in [1.807, 2.05) is 0 Å². The number of hydrogen-bond acceptors (Lipinski definition) is 1. The fourth-order valence-corrected chi connectivity index (χ4v) is 2.87. The zero-order valence-corrected chi connectivity index (χ0v) is 12.2. The zero-order valence-electron chi connectivity index (χ0n) is 12.2. The first-order valence-corrected chi connectivity index (χ1v) is 7.42. The largest absolute Gasteiger partial charge is 0.339 e. The van der Waals surface area contributed by atoms with Crippen molar-refractivity contribution in [1.82, 2.24) is 4.90 Å². The molecule has 21 heavy (non-hydrogen) atoms. The van der Waals surface area contributed by atoms with Crippen LogP contribution in [0.5, 0.6) is 0 Å². The molecule has 0 saturated heterocycles. The Balaban J connectivity index is 2.14. The molecule has 1 saturated carbocycles. The highest BCUT2D eigenvalue weighted by atomic mass is 19.2. The van der Waals surface area contributed by atoms with Gasteiger partial charge in [0.15, 0.2) is 17.5 Å². The molecule has 0 unspecified atom stereocenters. The SMILES string of the molecule is CN(C(=O)c1cc(F)c(F)c(F)c1)C1CCCCCCC1. The van der Waals surface area contributed by atoms with Crippen molar-refractivity contribution in [2.45, 2.75) is 51.0 Å². The van der Waals surface area contributed by atoms with E-state index in [0.29, 0.717) is 0 Å². The van der Waals surface area contributed by atoms with Gasteiger partial charge in [-0.05, 0) is 25.0 Å². The van der Waals surface area contributed by atoms with Crippen LogP contribution in [-0.4, -0.2) is 23.9 Å². The molecule has 0 radical (unpaired) electrons. The number of carbonyl (C=O) groups is 1. The minimum atomic E-state index is -1.54. The lowest BCUT2D eigenvalue weighted by atomic mass is 9.95. The summed E-state index contributed by atoms with van der Waals surface area (Å²) in [7, 11) is 1.65. The van der Waals surface area contributed by atoms with Crippen molar-refractivity contribution < 1.29 is 18.0 Å². The normalized spacial score (nSPS) is 17.1. The Kier molecular flexibility index (Phi) is 5.26. The summed E-state index contributed by atoms with van der Waals surface area (Å²) in [6.45, 7) is 0. The number of nitrogens with zero attached hydrogens (tertiary/aromatic N) is 1. The fourth-order valence-electron chi connectivity index (χ4n) is 2.87. The van der Waals surface area contributed by atoms with Crippen molar-refractivity contribution in [2.24, 2.45) is 0 Å². The predicted octanol–water partition coefficient (Wildman–Crippen LogP) is 4.29. The summed E-state index contributed by atoms with van der Waals surface area (Å²) in [5.74, 6) is -4.66. The molecule has 0 aliphatic heterocycles. The Hall–Kier alpha value is -1.52. The highest BCUT2D eigenvalue weighted by Gasteiger charge is 2.23. The van der Waals surface area contributed by atoms with Crippen LogP contribution in [0.4, 0.5) is 13.2 Å². The van der Waals surface area contributed by atoms with Gasteiger partial charge in [0, 0.05) is 18.7 Å². The van der Waals surface area contributed by atoms with Crippen LogP contribution in [0, 0.1) is 17.5 Å². The van der Waals surface area contributed by atoms with Crippen LogP contribution in [0.25, 0.3) is 0 Å². The lowest BCUT2D eigenvalue weighted by Crippen LogP contribution is -2.37. The molecule has 0 spiro atoms. The summed E-state index contributed by atoms with van der Waals surface area (Å²) in [6.07, 6.45) is 7.42. The molecule has 1 amide bonds. The first-order chi connectivity index (χ1) is 10.0. The third-order valence-electron chi connectivity index (χ3n) is 4.17. The highest BCUT2D eigenvalue weighted by molar-refractivity contribution is 5.94. The van der Waals surface area contributed by atoms with Crippen LogP contribution < -0.4 is 0 Å². The van der Waals surface area contributed by atoms with Crippen molar-refractivity contribution >= 4 is 5.91 Å². The van der Waals surface area contributed by atoms with E-state index >= 15 is 0 Å². The summed E-state index contributed by atoms with van der Waals surface area (Å²) in [5.41, 5.74) is -0.143. The maximum absolute atomic E-state index is 13.2. The van der Waals surface area contributed by atoms with Gasteiger partial charge in [0.25, 0.3) is 5.91 Å². The average molecular weight is 299 g/mol. The van der Waals surface area contributed by atoms with Crippen molar-refractivity contribution in [3.05, 3.63) is 35.1 Å². The topological polar surface area (TPSA) is 20.3 Å². The van der Waals surface area contributed by atoms with Gasteiger partial charge in [-0.25, -0.2) is 13.2 Å². The quantitative estimate of drug-likeness (QED) is 0.746. The molecule has 1 aliphatic rings. The second-order valence-corrected chi connectivity index (χ2v) is 5.67. The molecule has 1 aliphatic carbocycles. The van der Waals surface area contributed by atoms with E-state index in [2.05, 4.69) is 0 Å². The third-order valence-corrected chi connectivity index (χ3v) is 4.17. The van der Waals surface area contributed by atoms with Crippen LogP contribution in [0.2, 0.25) is 0 Å². The highest BCUT2D eigenvalue weighted by Crippen LogP contribution is 2.23. The van der Waals surface area contributed by atoms with Crippen LogP contribution in [0.15, 0.2) is 12.1 Å². The Morgan fingerprint density at radius 2 is 1.48 bits per heavy atom. The van der Waals surface area contributed by atoms with E-state index in [1.165, 1.54) is 11.3 Å². The molecule has 2 rings (SSSR count). The molecule has 116 valence electrons. The molecule has 0 aromatic heterocycles. The van der Waals surface area contributed by atoms with Gasteiger partial charge >= 0.3 is 0 Å². The van der Waals surface area contributed by atoms with Crippen molar-refractivity contribution in [1.29, 1.82) is 0 Å². The molecule has 1 aromatic carbocycles. The lowest BCUT2D eigenvalue weighted by Gasteiger charge is -2.30. The molecule has 0 bridgehead atoms. The Labute approximate surface area is 122 Å². The molecule has 0 heterocycles. The molecule has 5 heteroatoms. The summed E-state index contributed by atoms with van der Waals surface area (Å²) >= 11 is 0. The van der Waals surface area contributed by atoms with E-state index in [-0.39, 0.29) is 11.6 Å². The number of amides is 1. The molecule has 0 atom stereocenters. The van der Waals surface area contributed by atoms with Crippen LogP contribution >= 0.6 is 0 Å². The van der Waals surface area contributed by atoms with Gasteiger partial charge in [0.2, 0.25) is 0 Å². The first kappa shape index (κ1) is 15.9. The standard InChI is InChI=1S/C16H20F3NO/c1-20(12-7-5-3-2-4-6-8-12)16(21)11-9-13(17)15(19)14(18)10-11/h9-10,12H,2-8H2,1H3. The summed E-state index contributed by atoms with van der Waals surface area (Å²) in [5, 5.41) is 0. The van der Waals surface area contributed by atoms with Gasteiger partial charge in [-0.2, -0.15) is 0 Å². The molecular weight excluding hydrogens is 279 g/mol. The van der Waals surface area contributed by atoms with E-state index in [9.17, 15) is 18.0 Å². The lowest BCUT2D eigenvalue weighted by molar-refractivity contribution is 0.0705. The van der Waals surface area contributed by atoms with Gasteiger partial charge in [0.1, 0.15) is 0 Å². The number of hydrogen-bond donors (Lipinski definition) is 0.